The Morgan fingerprint density at radius 3 is 2.19 bits per heavy atom. The molecule has 2 aromatic rings. The molecule has 26 heavy (non-hydrogen) atoms. The maximum absolute atomic E-state index is 13.0. The molecule has 1 N–H and O–H groups in total. The smallest absolute Gasteiger partial charge is 0.243 e. The highest BCUT2D eigenvalue weighted by molar-refractivity contribution is 7.89. The van der Waals surface area contributed by atoms with Gasteiger partial charge in [-0.05, 0) is 24.1 Å². The summed E-state index contributed by atoms with van der Waals surface area (Å²) in [4.78, 5) is 12.5. The molecule has 0 atom stereocenters. The van der Waals surface area contributed by atoms with E-state index in [9.17, 15) is 13.2 Å². The molecule has 0 bridgehead atoms. The number of nitrogens with zero attached hydrogens (tertiary/aromatic N) is 1. The van der Waals surface area contributed by atoms with Gasteiger partial charge in [-0.25, -0.2) is 8.42 Å². The lowest BCUT2D eigenvalue weighted by Crippen LogP contribution is -2.40. The Kier molecular flexibility index (Phi) is 7.81. The predicted octanol–water partition coefficient (Wildman–Crippen LogP) is 3.18. The summed E-state index contributed by atoms with van der Waals surface area (Å²) < 4.78 is 27.2. The van der Waals surface area contributed by atoms with Gasteiger partial charge in [-0.2, -0.15) is 4.31 Å². The lowest BCUT2D eigenvalue weighted by molar-refractivity contribution is -0.121. The first-order valence-corrected chi connectivity index (χ1v) is 10.3. The Morgan fingerprint density at radius 1 is 0.962 bits per heavy atom. The highest BCUT2D eigenvalue weighted by Crippen LogP contribution is 2.18. The minimum Gasteiger partial charge on any atom is -0.355 e. The van der Waals surface area contributed by atoms with E-state index in [1.165, 1.54) is 4.31 Å². The lowest BCUT2D eigenvalue weighted by atomic mass is 10.2. The van der Waals surface area contributed by atoms with Crippen LogP contribution in [-0.2, 0) is 21.4 Å². The molecule has 0 unspecified atom stereocenters. The Hall–Kier alpha value is -2.18. The van der Waals surface area contributed by atoms with Crippen LogP contribution in [0, 0.1) is 0 Å². The second-order valence-corrected chi connectivity index (χ2v) is 8.07. The van der Waals surface area contributed by atoms with Crippen LogP contribution in [0.3, 0.4) is 0 Å². The molecule has 0 aromatic heterocycles. The molecule has 2 aromatic carbocycles. The molecule has 0 aliphatic rings. The average molecular weight is 375 g/mol. The molecule has 0 aliphatic heterocycles. The molecule has 0 spiro atoms. The third-order valence-electron chi connectivity index (χ3n) is 4.01. The number of hydrogen-bond donors (Lipinski definition) is 1. The molecule has 0 saturated heterocycles. The summed E-state index contributed by atoms with van der Waals surface area (Å²) in [6.07, 6.45) is 3.00. The average Bonchev–Trinajstić information content (AvgIpc) is 2.66. The molecule has 5 nitrogen and oxygen atoms in total. The van der Waals surface area contributed by atoms with E-state index in [2.05, 4.69) is 12.2 Å². The van der Waals surface area contributed by atoms with E-state index in [1.807, 2.05) is 30.3 Å². The SMILES string of the molecule is CCCCCNC(=O)CN(Cc1ccccc1)S(=O)(=O)c1ccccc1. The Morgan fingerprint density at radius 2 is 1.58 bits per heavy atom. The third kappa shape index (κ3) is 5.97. The van der Waals surface area contributed by atoms with Gasteiger partial charge in [-0.1, -0.05) is 68.3 Å². The van der Waals surface area contributed by atoms with Crippen molar-refractivity contribution in [1.82, 2.24) is 9.62 Å². The Labute approximate surface area is 156 Å². The fourth-order valence-corrected chi connectivity index (χ4v) is 3.98. The van der Waals surface area contributed by atoms with E-state index in [-0.39, 0.29) is 23.9 Å². The van der Waals surface area contributed by atoms with Gasteiger partial charge >= 0.3 is 0 Å². The van der Waals surface area contributed by atoms with Crippen LogP contribution < -0.4 is 5.32 Å². The number of amides is 1. The van der Waals surface area contributed by atoms with Crippen LogP contribution in [0.2, 0.25) is 0 Å². The van der Waals surface area contributed by atoms with E-state index in [0.717, 1.165) is 24.8 Å². The first-order valence-electron chi connectivity index (χ1n) is 8.90. The number of benzene rings is 2. The van der Waals surface area contributed by atoms with E-state index in [4.69, 9.17) is 0 Å². The van der Waals surface area contributed by atoms with Crippen LogP contribution >= 0.6 is 0 Å². The topological polar surface area (TPSA) is 66.5 Å². The van der Waals surface area contributed by atoms with Crippen molar-refractivity contribution in [1.29, 1.82) is 0 Å². The number of sulfonamides is 1. The molecular formula is C20H26N2O3S. The maximum Gasteiger partial charge on any atom is 0.243 e. The molecular weight excluding hydrogens is 348 g/mol. The minimum atomic E-state index is -3.76. The highest BCUT2D eigenvalue weighted by Gasteiger charge is 2.26. The van der Waals surface area contributed by atoms with Crippen molar-refractivity contribution in [2.24, 2.45) is 0 Å². The van der Waals surface area contributed by atoms with E-state index in [0.29, 0.717) is 6.54 Å². The van der Waals surface area contributed by atoms with Gasteiger partial charge in [0, 0.05) is 13.1 Å². The summed E-state index contributed by atoms with van der Waals surface area (Å²) in [5.74, 6) is -0.281. The maximum atomic E-state index is 13.0. The molecule has 0 heterocycles. The molecule has 0 fully saturated rings. The van der Waals surface area contributed by atoms with Gasteiger partial charge in [-0.3, -0.25) is 4.79 Å². The first-order chi connectivity index (χ1) is 12.5. The normalized spacial score (nSPS) is 11.5. The summed E-state index contributed by atoms with van der Waals surface area (Å²) >= 11 is 0. The van der Waals surface area contributed by atoms with Gasteiger partial charge in [0.1, 0.15) is 0 Å². The van der Waals surface area contributed by atoms with Gasteiger partial charge in [0.2, 0.25) is 15.9 Å². The van der Waals surface area contributed by atoms with Crippen LogP contribution in [0.5, 0.6) is 0 Å². The van der Waals surface area contributed by atoms with Crippen molar-refractivity contribution in [3.8, 4) is 0 Å². The predicted molar refractivity (Wildman–Crippen MR) is 103 cm³/mol. The van der Waals surface area contributed by atoms with Crippen molar-refractivity contribution in [3.05, 3.63) is 66.2 Å². The van der Waals surface area contributed by atoms with Crippen molar-refractivity contribution in [3.63, 3.8) is 0 Å². The second-order valence-electron chi connectivity index (χ2n) is 6.13. The fraction of sp³-hybridized carbons (Fsp3) is 0.350. The monoisotopic (exact) mass is 374 g/mol. The summed E-state index contributed by atoms with van der Waals surface area (Å²) in [5.41, 5.74) is 0.839. The van der Waals surface area contributed by atoms with Crippen LogP contribution in [-0.4, -0.2) is 31.7 Å². The van der Waals surface area contributed by atoms with Crippen LogP contribution in [0.15, 0.2) is 65.6 Å². The van der Waals surface area contributed by atoms with Gasteiger partial charge < -0.3 is 5.32 Å². The highest BCUT2D eigenvalue weighted by atomic mass is 32.2. The first kappa shape index (κ1) is 20.1. The standard InChI is InChI=1S/C20H26N2O3S/c1-2-3-10-15-21-20(23)17-22(16-18-11-6-4-7-12-18)26(24,25)19-13-8-5-9-14-19/h4-9,11-14H,2-3,10,15-17H2,1H3,(H,21,23). The van der Waals surface area contributed by atoms with Crippen molar-refractivity contribution in [2.45, 2.75) is 37.6 Å². The van der Waals surface area contributed by atoms with E-state index >= 15 is 0 Å². The zero-order chi connectivity index (χ0) is 18.8. The van der Waals surface area contributed by atoms with Gasteiger partial charge in [0.25, 0.3) is 0 Å². The molecule has 0 radical (unpaired) electrons. The molecule has 0 saturated carbocycles. The second kappa shape index (κ2) is 10.1. The number of unbranched alkanes of at least 4 members (excludes halogenated alkanes) is 2. The van der Waals surface area contributed by atoms with Gasteiger partial charge in [0.15, 0.2) is 0 Å². The summed E-state index contributed by atoms with van der Waals surface area (Å²) in [7, 11) is -3.76. The minimum absolute atomic E-state index is 0.153. The van der Waals surface area contributed by atoms with E-state index < -0.39 is 10.0 Å². The van der Waals surface area contributed by atoms with Gasteiger partial charge in [-0.15, -0.1) is 0 Å². The fourth-order valence-electron chi connectivity index (χ4n) is 2.57. The van der Waals surface area contributed by atoms with Crippen LogP contribution in [0.1, 0.15) is 31.7 Å². The largest absolute Gasteiger partial charge is 0.355 e. The Balaban J connectivity index is 2.15. The number of carbonyl (C=O) groups is 1. The van der Waals surface area contributed by atoms with E-state index in [1.54, 1.807) is 30.3 Å². The molecule has 140 valence electrons. The summed E-state index contributed by atoms with van der Waals surface area (Å²) in [6, 6.07) is 17.5. The van der Waals surface area contributed by atoms with Crippen LogP contribution in [0.4, 0.5) is 0 Å². The van der Waals surface area contributed by atoms with Crippen molar-refractivity contribution >= 4 is 15.9 Å². The van der Waals surface area contributed by atoms with Crippen molar-refractivity contribution < 1.29 is 13.2 Å². The number of hydrogen-bond acceptors (Lipinski definition) is 3. The lowest BCUT2D eigenvalue weighted by Gasteiger charge is -2.22. The summed E-state index contributed by atoms with van der Waals surface area (Å²) in [6.45, 7) is 2.62. The molecule has 1 amide bonds. The third-order valence-corrected chi connectivity index (χ3v) is 5.81. The number of rotatable bonds is 10. The molecule has 2 rings (SSSR count). The molecule has 6 heteroatoms. The number of nitrogens with one attached hydrogen (secondary N) is 1. The quantitative estimate of drug-likeness (QED) is 0.650. The van der Waals surface area contributed by atoms with Gasteiger partial charge in [0.05, 0.1) is 11.4 Å². The zero-order valence-corrected chi connectivity index (χ0v) is 15.9. The Bertz CT molecular complexity index is 777. The molecule has 0 aliphatic carbocycles. The van der Waals surface area contributed by atoms with Crippen molar-refractivity contribution in [2.75, 3.05) is 13.1 Å². The zero-order valence-electron chi connectivity index (χ0n) is 15.1. The number of carbonyl (C=O) groups excluding carboxylic acids is 1. The van der Waals surface area contributed by atoms with Crippen LogP contribution in [0.25, 0.3) is 0 Å². The summed E-state index contributed by atoms with van der Waals surface area (Å²) in [5, 5.41) is 2.81.